The quantitative estimate of drug-likeness (QED) is 0.341. The summed E-state index contributed by atoms with van der Waals surface area (Å²) in [4.78, 5) is 18.5. The minimum absolute atomic E-state index is 0.122. The second-order valence-corrected chi connectivity index (χ2v) is 4.31. The molecule has 0 fully saturated rings. The molecule has 0 saturated carbocycles. The predicted molar refractivity (Wildman–Crippen MR) is 76.9 cm³/mol. The third-order valence-electron chi connectivity index (χ3n) is 2.67. The number of hydrogen-bond donors (Lipinski definition) is 3. The lowest BCUT2D eigenvalue weighted by Gasteiger charge is -2.09. The summed E-state index contributed by atoms with van der Waals surface area (Å²) in [7, 11) is 0. The summed E-state index contributed by atoms with van der Waals surface area (Å²) < 4.78 is 0. The fourth-order valence-corrected chi connectivity index (χ4v) is 1.67. The molecular weight excluding hydrogens is 262 g/mol. The number of aliphatic hydroxyl groups is 1. The Hall–Kier alpha value is -1.96. The van der Waals surface area contributed by atoms with Crippen LogP contribution in [0.3, 0.4) is 0 Å². The molecule has 0 aliphatic heterocycles. The number of anilines is 2. The number of aromatic nitrogens is 2. The number of rotatable bonds is 10. The molecule has 0 amide bonds. The van der Waals surface area contributed by atoms with E-state index in [4.69, 9.17) is 5.11 Å². The molecule has 0 spiro atoms. The number of unbranched alkanes of at least 4 members (excludes halogenated alkanes) is 2. The van der Waals surface area contributed by atoms with Crippen LogP contribution in [-0.2, 0) is 0 Å². The Kier molecular flexibility index (Phi) is 7.26. The van der Waals surface area contributed by atoms with Gasteiger partial charge in [0, 0.05) is 19.7 Å². The molecule has 1 aromatic rings. The van der Waals surface area contributed by atoms with Gasteiger partial charge in [-0.3, -0.25) is 10.1 Å². The molecule has 1 heterocycles. The predicted octanol–water partition coefficient (Wildman–Crippen LogP) is 1.78. The number of nitrogens with zero attached hydrogens (tertiary/aromatic N) is 3. The molecule has 0 bridgehead atoms. The van der Waals surface area contributed by atoms with E-state index in [2.05, 4.69) is 20.6 Å². The number of nitrogens with one attached hydrogen (secondary N) is 2. The Labute approximate surface area is 117 Å². The van der Waals surface area contributed by atoms with Crippen LogP contribution in [0.15, 0.2) is 6.33 Å². The maximum atomic E-state index is 11.2. The van der Waals surface area contributed by atoms with Crippen LogP contribution < -0.4 is 10.6 Å². The van der Waals surface area contributed by atoms with E-state index in [1.165, 1.54) is 6.33 Å². The van der Waals surface area contributed by atoms with E-state index in [0.29, 0.717) is 13.1 Å². The van der Waals surface area contributed by atoms with Crippen molar-refractivity contribution in [1.82, 2.24) is 9.97 Å². The largest absolute Gasteiger partial charge is 0.396 e. The Morgan fingerprint density at radius 1 is 1.20 bits per heavy atom. The van der Waals surface area contributed by atoms with Gasteiger partial charge in [-0.2, -0.15) is 0 Å². The van der Waals surface area contributed by atoms with E-state index in [-0.39, 0.29) is 23.9 Å². The van der Waals surface area contributed by atoms with Crippen LogP contribution in [0.1, 0.15) is 32.6 Å². The van der Waals surface area contributed by atoms with E-state index in [1.54, 1.807) is 0 Å². The molecule has 0 saturated heterocycles. The molecule has 0 atom stereocenters. The second kappa shape index (κ2) is 9.03. The van der Waals surface area contributed by atoms with Crippen LogP contribution in [0, 0.1) is 10.1 Å². The number of nitro groups is 1. The zero-order valence-electron chi connectivity index (χ0n) is 11.6. The van der Waals surface area contributed by atoms with Gasteiger partial charge < -0.3 is 15.7 Å². The first-order chi connectivity index (χ1) is 9.70. The molecule has 0 aliphatic carbocycles. The van der Waals surface area contributed by atoms with Crippen LogP contribution in [-0.4, -0.2) is 39.7 Å². The Balaban J connectivity index is 2.71. The summed E-state index contributed by atoms with van der Waals surface area (Å²) in [6.45, 7) is 3.33. The summed E-state index contributed by atoms with van der Waals surface area (Å²) in [6.07, 6.45) is 4.58. The van der Waals surface area contributed by atoms with Gasteiger partial charge in [0.2, 0.25) is 11.6 Å². The van der Waals surface area contributed by atoms with Crippen LogP contribution >= 0.6 is 0 Å². The molecule has 20 heavy (non-hydrogen) atoms. The summed E-state index contributed by atoms with van der Waals surface area (Å²) >= 11 is 0. The van der Waals surface area contributed by atoms with Gasteiger partial charge in [0.05, 0.1) is 4.92 Å². The third-order valence-corrected chi connectivity index (χ3v) is 2.67. The topological polar surface area (TPSA) is 113 Å². The molecule has 8 heteroatoms. The molecule has 112 valence electrons. The highest BCUT2D eigenvalue weighted by molar-refractivity contribution is 5.69. The van der Waals surface area contributed by atoms with Gasteiger partial charge >= 0.3 is 5.69 Å². The van der Waals surface area contributed by atoms with Crippen molar-refractivity contribution in [2.75, 3.05) is 30.3 Å². The van der Waals surface area contributed by atoms with Gasteiger partial charge in [-0.15, -0.1) is 0 Å². The smallest absolute Gasteiger partial charge is 0.353 e. The summed E-state index contributed by atoms with van der Waals surface area (Å²) in [5.41, 5.74) is -0.122. The summed E-state index contributed by atoms with van der Waals surface area (Å²) in [6, 6.07) is 0. The lowest BCUT2D eigenvalue weighted by molar-refractivity contribution is -0.383. The standard InChI is InChI=1S/C12H21N5O3/c1-2-6-13-11-10(17(19)20)12(16-9-15-11)14-7-4-3-5-8-18/h9,18H,2-8H2,1H3,(H2,13,14,15,16). The van der Waals surface area contributed by atoms with Gasteiger partial charge in [-0.1, -0.05) is 6.92 Å². The maximum Gasteiger partial charge on any atom is 0.353 e. The Bertz CT molecular complexity index is 428. The second-order valence-electron chi connectivity index (χ2n) is 4.31. The van der Waals surface area contributed by atoms with Gasteiger partial charge in [-0.05, 0) is 25.7 Å². The highest BCUT2D eigenvalue weighted by Crippen LogP contribution is 2.28. The van der Waals surface area contributed by atoms with E-state index in [0.717, 1.165) is 25.7 Å². The fourth-order valence-electron chi connectivity index (χ4n) is 1.67. The average Bonchev–Trinajstić information content (AvgIpc) is 2.44. The molecule has 0 unspecified atom stereocenters. The minimum Gasteiger partial charge on any atom is -0.396 e. The fraction of sp³-hybridized carbons (Fsp3) is 0.667. The van der Waals surface area contributed by atoms with Crippen LogP contribution in [0.25, 0.3) is 0 Å². The van der Waals surface area contributed by atoms with Crippen molar-refractivity contribution in [3.63, 3.8) is 0 Å². The molecule has 0 aromatic carbocycles. The average molecular weight is 283 g/mol. The lowest BCUT2D eigenvalue weighted by Crippen LogP contribution is -2.11. The van der Waals surface area contributed by atoms with E-state index < -0.39 is 4.92 Å². The van der Waals surface area contributed by atoms with E-state index in [9.17, 15) is 10.1 Å². The van der Waals surface area contributed by atoms with Crippen molar-refractivity contribution in [3.05, 3.63) is 16.4 Å². The molecule has 3 N–H and O–H groups in total. The van der Waals surface area contributed by atoms with Crippen molar-refractivity contribution in [1.29, 1.82) is 0 Å². The molecular formula is C12H21N5O3. The highest BCUT2D eigenvalue weighted by Gasteiger charge is 2.22. The Morgan fingerprint density at radius 3 is 2.40 bits per heavy atom. The van der Waals surface area contributed by atoms with Crippen molar-refractivity contribution in [2.24, 2.45) is 0 Å². The van der Waals surface area contributed by atoms with Gasteiger partial charge in [0.1, 0.15) is 6.33 Å². The minimum atomic E-state index is -0.478. The van der Waals surface area contributed by atoms with E-state index >= 15 is 0 Å². The van der Waals surface area contributed by atoms with Crippen molar-refractivity contribution >= 4 is 17.3 Å². The first-order valence-electron chi connectivity index (χ1n) is 6.78. The maximum absolute atomic E-state index is 11.2. The van der Waals surface area contributed by atoms with Gasteiger partial charge in [0.15, 0.2) is 0 Å². The van der Waals surface area contributed by atoms with Crippen LogP contribution in [0.4, 0.5) is 17.3 Å². The first kappa shape index (κ1) is 16.1. The van der Waals surface area contributed by atoms with Crippen molar-refractivity contribution in [2.45, 2.75) is 32.6 Å². The molecule has 1 aromatic heterocycles. The monoisotopic (exact) mass is 283 g/mol. The van der Waals surface area contributed by atoms with Gasteiger partial charge in [0.25, 0.3) is 0 Å². The molecule has 0 radical (unpaired) electrons. The van der Waals surface area contributed by atoms with Crippen LogP contribution in [0.5, 0.6) is 0 Å². The SMILES string of the molecule is CCCNc1ncnc(NCCCCCO)c1[N+](=O)[O-]. The summed E-state index contributed by atoms with van der Waals surface area (Å²) in [5, 5.41) is 25.7. The molecule has 0 aliphatic rings. The zero-order valence-corrected chi connectivity index (χ0v) is 11.6. The zero-order chi connectivity index (χ0) is 14.8. The molecule has 8 nitrogen and oxygen atoms in total. The lowest BCUT2D eigenvalue weighted by atomic mass is 10.2. The third kappa shape index (κ3) is 4.96. The normalized spacial score (nSPS) is 10.3. The highest BCUT2D eigenvalue weighted by atomic mass is 16.6. The van der Waals surface area contributed by atoms with Crippen LogP contribution in [0.2, 0.25) is 0 Å². The van der Waals surface area contributed by atoms with E-state index in [1.807, 2.05) is 6.92 Å². The van der Waals surface area contributed by atoms with Crippen molar-refractivity contribution < 1.29 is 10.0 Å². The van der Waals surface area contributed by atoms with Crippen molar-refractivity contribution in [3.8, 4) is 0 Å². The number of hydrogen-bond acceptors (Lipinski definition) is 7. The Morgan fingerprint density at radius 2 is 1.85 bits per heavy atom. The summed E-state index contributed by atoms with van der Waals surface area (Å²) in [5.74, 6) is 0.470. The van der Waals surface area contributed by atoms with Gasteiger partial charge in [-0.25, -0.2) is 9.97 Å². The first-order valence-corrected chi connectivity index (χ1v) is 6.78. The number of aliphatic hydroxyl groups excluding tert-OH is 1. The molecule has 1 rings (SSSR count).